The van der Waals surface area contributed by atoms with Crippen LogP contribution in [0, 0.1) is 13.8 Å². The number of rotatable bonds is 6. The molecule has 1 aromatic heterocycles. The minimum Gasteiger partial charge on any atom is -0.494 e. The second kappa shape index (κ2) is 6.94. The SMILES string of the molecule is Cc1cccc(OCCCCn2c(C)cccc2=O)c1. The normalized spacial score (nSPS) is 10.5. The van der Waals surface area contributed by atoms with Gasteiger partial charge in [-0.2, -0.15) is 0 Å². The van der Waals surface area contributed by atoms with E-state index in [1.807, 2.05) is 35.8 Å². The lowest BCUT2D eigenvalue weighted by molar-refractivity contribution is 0.302. The highest BCUT2D eigenvalue weighted by Crippen LogP contribution is 2.12. The third kappa shape index (κ3) is 3.98. The van der Waals surface area contributed by atoms with Gasteiger partial charge in [-0.3, -0.25) is 4.79 Å². The lowest BCUT2D eigenvalue weighted by Gasteiger charge is -2.10. The molecule has 0 aliphatic heterocycles. The number of pyridine rings is 1. The van der Waals surface area contributed by atoms with Crippen molar-refractivity contribution in [2.24, 2.45) is 0 Å². The van der Waals surface area contributed by atoms with Gasteiger partial charge >= 0.3 is 0 Å². The number of hydrogen-bond donors (Lipinski definition) is 0. The molecule has 3 heteroatoms. The topological polar surface area (TPSA) is 31.2 Å². The Morgan fingerprint density at radius 2 is 1.85 bits per heavy atom. The summed E-state index contributed by atoms with van der Waals surface area (Å²) in [4.78, 5) is 11.7. The highest BCUT2D eigenvalue weighted by atomic mass is 16.5. The second-order valence-corrected chi connectivity index (χ2v) is 5.03. The minimum absolute atomic E-state index is 0.0737. The van der Waals surface area contributed by atoms with Crippen molar-refractivity contribution >= 4 is 0 Å². The fraction of sp³-hybridized carbons (Fsp3) is 0.353. The number of nitrogens with zero attached hydrogens (tertiary/aromatic N) is 1. The molecule has 2 rings (SSSR count). The lowest BCUT2D eigenvalue weighted by Crippen LogP contribution is -2.21. The van der Waals surface area contributed by atoms with E-state index in [1.54, 1.807) is 12.1 Å². The van der Waals surface area contributed by atoms with Crippen LogP contribution in [0.25, 0.3) is 0 Å². The van der Waals surface area contributed by atoms with E-state index in [1.165, 1.54) is 5.56 Å². The summed E-state index contributed by atoms with van der Waals surface area (Å²) in [5.74, 6) is 0.915. The standard InChI is InChI=1S/C17H21NO2/c1-14-7-5-9-16(13-14)20-12-4-3-11-18-15(2)8-6-10-17(18)19/h5-10,13H,3-4,11-12H2,1-2H3. The highest BCUT2D eigenvalue weighted by Gasteiger charge is 1.99. The van der Waals surface area contributed by atoms with Gasteiger partial charge in [0.2, 0.25) is 0 Å². The molecule has 2 aromatic rings. The number of ether oxygens (including phenoxy) is 1. The third-order valence-corrected chi connectivity index (χ3v) is 3.30. The van der Waals surface area contributed by atoms with Gasteiger partial charge in [0, 0.05) is 18.3 Å². The van der Waals surface area contributed by atoms with E-state index in [9.17, 15) is 4.79 Å². The lowest BCUT2D eigenvalue weighted by atomic mass is 10.2. The zero-order chi connectivity index (χ0) is 14.4. The Morgan fingerprint density at radius 1 is 1.05 bits per heavy atom. The van der Waals surface area contributed by atoms with E-state index >= 15 is 0 Å². The molecule has 3 nitrogen and oxygen atoms in total. The monoisotopic (exact) mass is 271 g/mol. The van der Waals surface area contributed by atoms with Crippen molar-refractivity contribution in [1.82, 2.24) is 4.57 Å². The molecule has 0 bridgehead atoms. The molecule has 106 valence electrons. The maximum atomic E-state index is 11.7. The zero-order valence-corrected chi connectivity index (χ0v) is 12.1. The van der Waals surface area contributed by atoms with Gasteiger partial charge in [0.15, 0.2) is 0 Å². The Hall–Kier alpha value is -2.03. The first-order valence-electron chi connectivity index (χ1n) is 7.03. The first-order valence-corrected chi connectivity index (χ1v) is 7.03. The summed E-state index contributed by atoms with van der Waals surface area (Å²) in [5.41, 5.74) is 2.29. The Kier molecular flexibility index (Phi) is 4.99. The maximum absolute atomic E-state index is 11.7. The van der Waals surface area contributed by atoms with Gasteiger partial charge in [0.05, 0.1) is 6.61 Å². The molecule has 1 heterocycles. The van der Waals surface area contributed by atoms with Crippen LogP contribution < -0.4 is 10.3 Å². The molecule has 0 saturated heterocycles. The molecule has 0 unspecified atom stereocenters. The van der Waals surface area contributed by atoms with Crippen LogP contribution in [0.4, 0.5) is 0 Å². The predicted molar refractivity (Wildman–Crippen MR) is 81.3 cm³/mol. The van der Waals surface area contributed by atoms with Crippen molar-refractivity contribution in [3.05, 3.63) is 64.1 Å². The first-order chi connectivity index (χ1) is 9.66. The summed E-state index contributed by atoms with van der Waals surface area (Å²) >= 11 is 0. The van der Waals surface area contributed by atoms with Crippen molar-refractivity contribution in [2.75, 3.05) is 6.61 Å². The van der Waals surface area contributed by atoms with E-state index in [2.05, 4.69) is 13.0 Å². The fourth-order valence-corrected chi connectivity index (χ4v) is 2.18. The summed E-state index contributed by atoms with van der Waals surface area (Å²) in [6, 6.07) is 13.4. The van der Waals surface area contributed by atoms with Gasteiger partial charge in [-0.05, 0) is 50.5 Å². The van der Waals surface area contributed by atoms with Gasteiger partial charge in [0.1, 0.15) is 5.75 Å². The summed E-state index contributed by atoms with van der Waals surface area (Å²) in [5, 5.41) is 0. The van der Waals surface area contributed by atoms with Crippen LogP contribution >= 0.6 is 0 Å². The minimum atomic E-state index is 0.0737. The second-order valence-electron chi connectivity index (χ2n) is 5.03. The van der Waals surface area contributed by atoms with E-state index in [4.69, 9.17) is 4.74 Å². The van der Waals surface area contributed by atoms with Gasteiger partial charge < -0.3 is 9.30 Å². The van der Waals surface area contributed by atoms with Crippen LogP contribution in [0.1, 0.15) is 24.1 Å². The average molecular weight is 271 g/mol. The van der Waals surface area contributed by atoms with Crippen molar-refractivity contribution < 1.29 is 4.74 Å². The third-order valence-electron chi connectivity index (χ3n) is 3.30. The molecule has 0 radical (unpaired) electrons. The van der Waals surface area contributed by atoms with Crippen molar-refractivity contribution in [1.29, 1.82) is 0 Å². The van der Waals surface area contributed by atoms with Gasteiger partial charge in [-0.15, -0.1) is 0 Å². The van der Waals surface area contributed by atoms with Crippen LogP contribution in [0.2, 0.25) is 0 Å². The number of aromatic nitrogens is 1. The summed E-state index contributed by atoms with van der Waals surface area (Å²) in [6.07, 6.45) is 1.88. The number of hydrogen-bond acceptors (Lipinski definition) is 2. The molecule has 0 aliphatic carbocycles. The molecule has 0 amide bonds. The molecule has 0 saturated carbocycles. The van der Waals surface area contributed by atoms with Crippen LogP contribution in [0.3, 0.4) is 0 Å². The summed E-state index contributed by atoms with van der Waals surface area (Å²) < 4.78 is 7.51. The van der Waals surface area contributed by atoms with E-state index < -0.39 is 0 Å². The molecular formula is C17H21NO2. The number of unbranched alkanes of at least 4 members (excludes halogenated alkanes) is 1. The van der Waals surface area contributed by atoms with Crippen LogP contribution in [0.15, 0.2) is 47.3 Å². The average Bonchev–Trinajstić information content (AvgIpc) is 2.41. The summed E-state index contributed by atoms with van der Waals surface area (Å²) in [6.45, 7) is 5.45. The molecule has 20 heavy (non-hydrogen) atoms. The van der Waals surface area contributed by atoms with Gasteiger partial charge in [-0.1, -0.05) is 18.2 Å². The maximum Gasteiger partial charge on any atom is 0.250 e. The van der Waals surface area contributed by atoms with Crippen molar-refractivity contribution in [3.63, 3.8) is 0 Å². The molecule has 0 fully saturated rings. The Morgan fingerprint density at radius 3 is 2.60 bits per heavy atom. The van der Waals surface area contributed by atoms with E-state index in [0.29, 0.717) is 6.61 Å². The number of benzene rings is 1. The molecule has 0 N–H and O–H groups in total. The van der Waals surface area contributed by atoms with Gasteiger partial charge in [-0.25, -0.2) is 0 Å². The van der Waals surface area contributed by atoms with E-state index in [-0.39, 0.29) is 5.56 Å². The molecule has 1 aromatic carbocycles. The quantitative estimate of drug-likeness (QED) is 0.755. The van der Waals surface area contributed by atoms with Crippen molar-refractivity contribution in [2.45, 2.75) is 33.2 Å². The van der Waals surface area contributed by atoms with Crippen LogP contribution in [-0.2, 0) is 6.54 Å². The molecule has 0 atom stereocenters. The Labute approximate surface area is 119 Å². The smallest absolute Gasteiger partial charge is 0.250 e. The predicted octanol–water partition coefficient (Wildman–Crippen LogP) is 3.32. The Bertz CT molecular complexity index is 616. The van der Waals surface area contributed by atoms with Crippen LogP contribution in [-0.4, -0.2) is 11.2 Å². The fourth-order valence-electron chi connectivity index (χ4n) is 2.18. The van der Waals surface area contributed by atoms with Crippen LogP contribution in [0.5, 0.6) is 5.75 Å². The highest BCUT2D eigenvalue weighted by molar-refractivity contribution is 5.27. The van der Waals surface area contributed by atoms with Crippen molar-refractivity contribution in [3.8, 4) is 5.75 Å². The molecule has 0 aliphatic rings. The molecule has 0 spiro atoms. The largest absolute Gasteiger partial charge is 0.494 e. The van der Waals surface area contributed by atoms with E-state index in [0.717, 1.165) is 30.8 Å². The zero-order valence-electron chi connectivity index (χ0n) is 12.1. The first kappa shape index (κ1) is 14.4. The molecular weight excluding hydrogens is 250 g/mol. The van der Waals surface area contributed by atoms with Gasteiger partial charge in [0.25, 0.3) is 5.56 Å². The summed E-state index contributed by atoms with van der Waals surface area (Å²) in [7, 11) is 0. The Balaban J connectivity index is 1.76. The number of aryl methyl sites for hydroxylation is 2.